The molecule has 0 atom stereocenters. The van der Waals surface area contributed by atoms with E-state index in [1.165, 1.54) is 17.4 Å². The Balaban J connectivity index is 1.59. The van der Waals surface area contributed by atoms with Crippen molar-refractivity contribution in [1.82, 2.24) is 9.97 Å². The average Bonchev–Trinajstić information content (AvgIpc) is 3.25. The first-order valence-electron chi connectivity index (χ1n) is 8.51. The van der Waals surface area contributed by atoms with Crippen LogP contribution in [0, 0.1) is 17.6 Å². The molecule has 3 rings (SSSR count). The van der Waals surface area contributed by atoms with Crippen molar-refractivity contribution in [3.63, 3.8) is 0 Å². The van der Waals surface area contributed by atoms with Gasteiger partial charge in [0.1, 0.15) is 23.1 Å². The zero-order chi connectivity index (χ0) is 20.1. The van der Waals surface area contributed by atoms with E-state index in [0.29, 0.717) is 11.8 Å². The summed E-state index contributed by atoms with van der Waals surface area (Å²) in [4.78, 5) is 20.9. The fourth-order valence-electron chi connectivity index (χ4n) is 2.33. The van der Waals surface area contributed by atoms with Crippen LogP contribution in [0.2, 0.25) is 0 Å². The summed E-state index contributed by atoms with van der Waals surface area (Å²) in [5, 5.41) is 4.86. The zero-order valence-corrected chi connectivity index (χ0v) is 16.0. The standard InChI is InChI=1S/C19H18F2N4O2S/c1-11(2)8-12-9-22-16(27-12)7-6-13-10-23-19(28-13)25-18(26)24-17-14(20)4-3-5-15(17)21/h3-7,9-11H,8H2,1-2H3,(H2,23,24,25,26). The monoisotopic (exact) mass is 404 g/mol. The lowest BCUT2D eigenvalue weighted by atomic mass is 10.1. The number of carbonyl (C=O) groups excluding carboxylic acids is 1. The van der Waals surface area contributed by atoms with Gasteiger partial charge in [0.2, 0.25) is 5.89 Å². The van der Waals surface area contributed by atoms with Crippen molar-refractivity contribution in [2.75, 3.05) is 10.6 Å². The average molecular weight is 404 g/mol. The fraction of sp³-hybridized carbons (Fsp3) is 0.211. The molecule has 0 saturated heterocycles. The van der Waals surface area contributed by atoms with Crippen LogP contribution in [-0.4, -0.2) is 16.0 Å². The van der Waals surface area contributed by atoms with Crippen LogP contribution in [0.3, 0.4) is 0 Å². The SMILES string of the molecule is CC(C)Cc1cnc(C=Cc2cnc(NC(=O)Nc3c(F)cccc3F)s2)o1. The summed E-state index contributed by atoms with van der Waals surface area (Å²) in [6.07, 6.45) is 7.52. The van der Waals surface area contributed by atoms with Crippen LogP contribution in [0.4, 0.5) is 24.4 Å². The molecule has 0 spiro atoms. The minimum Gasteiger partial charge on any atom is -0.442 e. The summed E-state index contributed by atoms with van der Waals surface area (Å²) in [5.74, 6) is 0.0509. The summed E-state index contributed by atoms with van der Waals surface area (Å²) in [5.41, 5.74) is -0.516. The van der Waals surface area contributed by atoms with Crippen molar-refractivity contribution in [3.8, 4) is 0 Å². The van der Waals surface area contributed by atoms with E-state index in [-0.39, 0.29) is 5.13 Å². The van der Waals surface area contributed by atoms with Gasteiger partial charge in [0.05, 0.1) is 6.20 Å². The third-order valence-electron chi connectivity index (χ3n) is 3.52. The largest absolute Gasteiger partial charge is 0.442 e. The number of aromatic nitrogens is 2. The summed E-state index contributed by atoms with van der Waals surface area (Å²) in [7, 11) is 0. The molecule has 6 nitrogen and oxygen atoms in total. The Bertz CT molecular complexity index is 977. The zero-order valence-electron chi connectivity index (χ0n) is 15.2. The van der Waals surface area contributed by atoms with Crippen molar-refractivity contribution < 1.29 is 18.0 Å². The number of hydrogen-bond acceptors (Lipinski definition) is 5. The highest BCUT2D eigenvalue weighted by molar-refractivity contribution is 7.16. The van der Waals surface area contributed by atoms with Gasteiger partial charge in [-0.25, -0.2) is 23.5 Å². The number of nitrogens with one attached hydrogen (secondary N) is 2. The molecule has 3 aromatic rings. The first-order valence-corrected chi connectivity index (χ1v) is 9.33. The molecule has 28 heavy (non-hydrogen) atoms. The highest BCUT2D eigenvalue weighted by atomic mass is 32.1. The van der Waals surface area contributed by atoms with Crippen LogP contribution < -0.4 is 10.6 Å². The molecule has 9 heteroatoms. The predicted molar refractivity (Wildman–Crippen MR) is 105 cm³/mol. The lowest BCUT2D eigenvalue weighted by Gasteiger charge is -2.07. The molecule has 2 aromatic heterocycles. The lowest BCUT2D eigenvalue weighted by molar-refractivity contribution is 0.262. The maximum absolute atomic E-state index is 13.6. The minimum atomic E-state index is -0.860. The summed E-state index contributed by atoms with van der Waals surface area (Å²) in [6, 6.07) is 2.53. The van der Waals surface area contributed by atoms with Crippen molar-refractivity contribution >= 4 is 40.3 Å². The molecule has 0 aliphatic carbocycles. The third kappa shape index (κ3) is 5.23. The second-order valence-corrected chi connectivity index (χ2v) is 7.40. The third-order valence-corrected chi connectivity index (χ3v) is 4.39. The number of rotatable bonds is 6. The van der Waals surface area contributed by atoms with Crippen LogP contribution in [-0.2, 0) is 6.42 Å². The van der Waals surface area contributed by atoms with Crippen LogP contribution in [0.5, 0.6) is 0 Å². The predicted octanol–water partition coefficient (Wildman–Crippen LogP) is 5.42. The number of thiazole rings is 1. The van der Waals surface area contributed by atoms with Gasteiger partial charge in [-0.15, -0.1) is 0 Å². The smallest absolute Gasteiger partial charge is 0.325 e. The van der Waals surface area contributed by atoms with Crippen molar-refractivity contribution in [2.24, 2.45) is 5.92 Å². The fourth-order valence-corrected chi connectivity index (χ4v) is 3.04. The van der Waals surface area contributed by atoms with E-state index in [2.05, 4.69) is 34.4 Å². The molecule has 2 N–H and O–H groups in total. The van der Waals surface area contributed by atoms with Gasteiger partial charge in [0, 0.05) is 23.6 Å². The quantitative estimate of drug-likeness (QED) is 0.575. The minimum absolute atomic E-state index is 0.279. The molecular weight excluding hydrogens is 386 g/mol. The van der Waals surface area contributed by atoms with Gasteiger partial charge >= 0.3 is 6.03 Å². The maximum atomic E-state index is 13.6. The topological polar surface area (TPSA) is 80.0 Å². The summed E-state index contributed by atoms with van der Waals surface area (Å²) < 4.78 is 32.7. The van der Waals surface area contributed by atoms with E-state index in [0.717, 1.165) is 29.2 Å². The van der Waals surface area contributed by atoms with E-state index in [9.17, 15) is 13.6 Å². The number of nitrogens with zero attached hydrogens (tertiary/aromatic N) is 2. The number of oxazole rings is 1. The van der Waals surface area contributed by atoms with Gasteiger partial charge in [-0.3, -0.25) is 5.32 Å². The first kappa shape index (κ1) is 19.7. The number of para-hydroxylation sites is 1. The van der Waals surface area contributed by atoms with E-state index in [1.807, 2.05) is 0 Å². The molecule has 0 fully saturated rings. The molecule has 0 saturated carbocycles. The molecule has 2 amide bonds. The van der Waals surface area contributed by atoms with Gasteiger partial charge in [-0.2, -0.15) is 0 Å². The number of amides is 2. The number of halogens is 2. The van der Waals surface area contributed by atoms with Crippen LogP contribution in [0.15, 0.2) is 35.0 Å². The Morgan fingerprint density at radius 3 is 2.64 bits per heavy atom. The molecule has 1 aromatic carbocycles. The number of anilines is 2. The van der Waals surface area contributed by atoms with Crippen molar-refractivity contribution in [2.45, 2.75) is 20.3 Å². The lowest BCUT2D eigenvalue weighted by Crippen LogP contribution is -2.20. The first-order chi connectivity index (χ1) is 13.4. The Kier molecular flexibility index (Phi) is 6.15. The van der Waals surface area contributed by atoms with E-state index < -0.39 is 23.4 Å². The second-order valence-electron chi connectivity index (χ2n) is 6.34. The summed E-state index contributed by atoms with van der Waals surface area (Å²) >= 11 is 1.19. The van der Waals surface area contributed by atoms with Gasteiger partial charge < -0.3 is 9.73 Å². The molecule has 0 aliphatic heterocycles. The number of benzene rings is 1. The Hall–Kier alpha value is -3.07. The van der Waals surface area contributed by atoms with E-state index in [1.54, 1.807) is 24.5 Å². The highest BCUT2D eigenvalue weighted by Crippen LogP contribution is 2.22. The Morgan fingerprint density at radius 1 is 1.18 bits per heavy atom. The van der Waals surface area contributed by atoms with Crippen LogP contribution in [0.1, 0.15) is 30.4 Å². The molecule has 0 unspecified atom stereocenters. The molecule has 0 aliphatic rings. The Morgan fingerprint density at radius 2 is 1.93 bits per heavy atom. The number of hydrogen-bond donors (Lipinski definition) is 2. The molecule has 146 valence electrons. The highest BCUT2D eigenvalue weighted by Gasteiger charge is 2.13. The second kappa shape index (κ2) is 8.75. The van der Waals surface area contributed by atoms with E-state index >= 15 is 0 Å². The van der Waals surface area contributed by atoms with Crippen LogP contribution >= 0.6 is 11.3 Å². The number of urea groups is 1. The van der Waals surface area contributed by atoms with E-state index in [4.69, 9.17) is 4.42 Å². The van der Waals surface area contributed by atoms with Crippen LogP contribution in [0.25, 0.3) is 12.2 Å². The van der Waals surface area contributed by atoms with Gasteiger partial charge in [0.25, 0.3) is 0 Å². The number of carbonyl (C=O) groups is 1. The summed E-state index contributed by atoms with van der Waals surface area (Å²) in [6.45, 7) is 4.20. The molecule has 2 heterocycles. The van der Waals surface area contributed by atoms with Crippen molar-refractivity contribution in [1.29, 1.82) is 0 Å². The van der Waals surface area contributed by atoms with Gasteiger partial charge in [-0.05, 0) is 24.1 Å². The molecule has 0 radical (unpaired) electrons. The van der Waals surface area contributed by atoms with Gasteiger partial charge in [-0.1, -0.05) is 31.3 Å². The molecular formula is C19H18F2N4O2S. The van der Waals surface area contributed by atoms with Gasteiger partial charge in [0.15, 0.2) is 5.13 Å². The van der Waals surface area contributed by atoms with Crippen molar-refractivity contribution in [3.05, 3.63) is 58.8 Å². The molecule has 0 bridgehead atoms. The Labute approximate surface area is 164 Å². The normalized spacial score (nSPS) is 11.3. The maximum Gasteiger partial charge on any atom is 0.325 e.